The van der Waals surface area contributed by atoms with Crippen molar-refractivity contribution in [3.8, 4) is 0 Å². The van der Waals surface area contributed by atoms with Crippen LogP contribution in [0.25, 0.3) is 0 Å². The summed E-state index contributed by atoms with van der Waals surface area (Å²) in [4.78, 5) is 50.7. The highest BCUT2D eigenvalue weighted by Gasteiger charge is 2.53. The van der Waals surface area contributed by atoms with Crippen molar-refractivity contribution in [2.75, 3.05) is 6.61 Å². The first kappa shape index (κ1) is 32.1. The fourth-order valence-electron chi connectivity index (χ4n) is 4.86. The van der Waals surface area contributed by atoms with Gasteiger partial charge in [-0.15, -0.1) is 0 Å². The first-order valence-electron chi connectivity index (χ1n) is 13.7. The van der Waals surface area contributed by atoms with E-state index in [-0.39, 0.29) is 23.8 Å². The lowest BCUT2D eigenvalue weighted by Gasteiger charge is -2.45. The fourth-order valence-corrected chi connectivity index (χ4v) is 5.39. The van der Waals surface area contributed by atoms with Gasteiger partial charge in [0.1, 0.15) is 12.7 Å². The van der Waals surface area contributed by atoms with Crippen molar-refractivity contribution in [2.24, 2.45) is 0 Å². The minimum Gasteiger partial charge on any atom is -0.463 e. The normalized spacial score (nSPS) is 24.3. The predicted molar refractivity (Wildman–Crippen MR) is 155 cm³/mol. The maximum atomic E-state index is 13.4. The quantitative estimate of drug-likeness (QED) is 0.242. The molecule has 2 aromatic rings. The summed E-state index contributed by atoms with van der Waals surface area (Å²) in [6.45, 7) is 2.09. The number of benzene rings is 2. The summed E-state index contributed by atoms with van der Waals surface area (Å²) in [6.07, 6.45) is -2.00. The van der Waals surface area contributed by atoms with Crippen LogP contribution in [-0.4, -0.2) is 67.3 Å². The summed E-state index contributed by atoms with van der Waals surface area (Å²) < 4.78 is 36.7. The summed E-state index contributed by atoms with van der Waals surface area (Å²) in [5, 5.41) is 0. The fraction of sp³-hybridized carbons (Fsp3) is 0.467. The molecular formula is C30H32Br2O10. The van der Waals surface area contributed by atoms with Gasteiger partial charge in [-0.2, -0.15) is 0 Å². The van der Waals surface area contributed by atoms with Gasteiger partial charge in [0.05, 0.1) is 17.2 Å². The molecule has 1 aliphatic heterocycles. The molecule has 4 rings (SSSR count). The van der Waals surface area contributed by atoms with Crippen LogP contribution in [0, 0.1) is 0 Å². The third-order valence-corrected chi connectivity index (χ3v) is 7.93. The van der Waals surface area contributed by atoms with Gasteiger partial charge in [-0.3, -0.25) is 9.59 Å². The van der Waals surface area contributed by atoms with E-state index in [0.29, 0.717) is 0 Å². The van der Waals surface area contributed by atoms with Crippen molar-refractivity contribution in [2.45, 2.75) is 82.8 Å². The van der Waals surface area contributed by atoms with Crippen LogP contribution in [0.1, 0.15) is 66.7 Å². The molecular weight excluding hydrogens is 680 g/mol. The third kappa shape index (κ3) is 8.85. The highest BCUT2D eigenvalue weighted by atomic mass is 79.9. The van der Waals surface area contributed by atoms with Crippen molar-refractivity contribution in [1.29, 1.82) is 0 Å². The standard InChI is InChI=1S/C30H32Br2O10/c1-17(33)37-16-24-25(38-18(2)34)26(41-28(35)19-8-12-21(31)13-9-19)27(30(40-24)39-23-6-4-3-5-7-23)42-29(36)20-10-14-22(32)15-11-20/h8-15,23-27,30H,3-7,16H2,1-2H3/t24-,25-,26+,27-,30+/m1/s1. The van der Waals surface area contributed by atoms with E-state index in [9.17, 15) is 19.2 Å². The molecule has 0 amide bonds. The summed E-state index contributed by atoms with van der Waals surface area (Å²) >= 11 is 6.69. The predicted octanol–water partition coefficient (Wildman–Crippen LogP) is 5.53. The van der Waals surface area contributed by atoms with Crippen LogP contribution in [-0.2, 0) is 38.0 Å². The minimum atomic E-state index is -1.37. The van der Waals surface area contributed by atoms with Gasteiger partial charge < -0.3 is 28.4 Å². The van der Waals surface area contributed by atoms with E-state index < -0.39 is 54.6 Å². The first-order valence-corrected chi connectivity index (χ1v) is 15.2. The Bertz CT molecular complexity index is 1240. The lowest BCUT2D eigenvalue weighted by molar-refractivity contribution is -0.313. The minimum absolute atomic E-state index is 0.208. The molecule has 0 radical (unpaired) electrons. The molecule has 1 saturated carbocycles. The largest absolute Gasteiger partial charge is 0.463 e. The van der Waals surface area contributed by atoms with Gasteiger partial charge in [0.25, 0.3) is 0 Å². The van der Waals surface area contributed by atoms with Crippen molar-refractivity contribution >= 4 is 55.7 Å². The molecule has 1 heterocycles. The van der Waals surface area contributed by atoms with Crippen LogP contribution in [0.5, 0.6) is 0 Å². The van der Waals surface area contributed by atoms with E-state index >= 15 is 0 Å². The van der Waals surface area contributed by atoms with Crippen LogP contribution in [0.3, 0.4) is 0 Å². The number of carbonyl (C=O) groups is 4. The Kier molecular flexibility index (Phi) is 11.5. The van der Waals surface area contributed by atoms with Gasteiger partial charge in [-0.25, -0.2) is 9.59 Å². The molecule has 2 aromatic carbocycles. The molecule has 1 saturated heterocycles. The van der Waals surface area contributed by atoms with E-state index in [1.165, 1.54) is 13.8 Å². The monoisotopic (exact) mass is 710 g/mol. The molecule has 0 bridgehead atoms. The van der Waals surface area contributed by atoms with Gasteiger partial charge in [0.2, 0.25) is 0 Å². The van der Waals surface area contributed by atoms with Crippen molar-refractivity contribution in [1.82, 2.24) is 0 Å². The van der Waals surface area contributed by atoms with Gasteiger partial charge in [-0.1, -0.05) is 51.1 Å². The topological polar surface area (TPSA) is 124 Å². The van der Waals surface area contributed by atoms with Crippen LogP contribution < -0.4 is 0 Å². The maximum absolute atomic E-state index is 13.4. The molecule has 1 aliphatic carbocycles. The average Bonchev–Trinajstić information content (AvgIpc) is 2.96. The highest BCUT2D eigenvalue weighted by Crippen LogP contribution is 2.33. The van der Waals surface area contributed by atoms with Crippen LogP contribution in [0.15, 0.2) is 57.5 Å². The van der Waals surface area contributed by atoms with Gasteiger partial charge >= 0.3 is 23.9 Å². The molecule has 5 atom stereocenters. The molecule has 12 heteroatoms. The Labute approximate surface area is 260 Å². The SMILES string of the molecule is CC(=O)OC[C@H]1O[C@H](OC2CCCCC2)[C@H](OC(=O)c2ccc(Br)cc2)[C@@H](OC(=O)c2ccc(Br)cc2)[C@@H]1OC(C)=O. The Morgan fingerprint density at radius 1 is 0.714 bits per heavy atom. The van der Waals surface area contributed by atoms with E-state index in [1.807, 2.05) is 0 Å². The number of hydrogen-bond donors (Lipinski definition) is 0. The molecule has 0 N–H and O–H groups in total. The Balaban J connectivity index is 1.72. The van der Waals surface area contributed by atoms with E-state index in [2.05, 4.69) is 31.9 Å². The van der Waals surface area contributed by atoms with Crippen LogP contribution in [0.2, 0.25) is 0 Å². The Hall–Kier alpha value is -2.80. The summed E-state index contributed by atoms with van der Waals surface area (Å²) in [5.41, 5.74) is 0.448. The molecule has 0 unspecified atom stereocenters. The van der Waals surface area contributed by atoms with E-state index in [4.69, 9.17) is 28.4 Å². The number of halogens is 2. The summed E-state index contributed by atoms with van der Waals surface area (Å²) in [6, 6.07) is 13.0. The number of ether oxygens (including phenoxy) is 6. The van der Waals surface area contributed by atoms with Gasteiger partial charge in [0, 0.05) is 22.8 Å². The second kappa shape index (κ2) is 15.1. The number of carbonyl (C=O) groups excluding carboxylic acids is 4. The van der Waals surface area contributed by atoms with Crippen LogP contribution >= 0.6 is 31.9 Å². The number of rotatable bonds is 9. The molecule has 42 heavy (non-hydrogen) atoms. The van der Waals surface area contributed by atoms with Gasteiger partial charge in [0.15, 0.2) is 24.6 Å². The zero-order valence-electron chi connectivity index (χ0n) is 23.2. The molecule has 226 valence electrons. The maximum Gasteiger partial charge on any atom is 0.338 e. The number of esters is 4. The molecule has 2 fully saturated rings. The summed E-state index contributed by atoms with van der Waals surface area (Å²) in [7, 11) is 0. The highest BCUT2D eigenvalue weighted by molar-refractivity contribution is 9.10. The van der Waals surface area contributed by atoms with Crippen molar-refractivity contribution < 1.29 is 47.6 Å². The second-order valence-electron chi connectivity index (χ2n) is 10.1. The zero-order valence-corrected chi connectivity index (χ0v) is 26.3. The Morgan fingerprint density at radius 3 is 1.74 bits per heavy atom. The van der Waals surface area contributed by atoms with Gasteiger partial charge in [-0.05, 0) is 61.4 Å². The lowest BCUT2D eigenvalue weighted by Crippen LogP contribution is -2.63. The average molecular weight is 712 g/mol. The smallest absolute Gasteiger partial charge is 0.338 e. The van der Waals surface area contributed by atoms with E-state index in [1.54, 1.807) is 48.5 Å². The van der Waals surface area contributed by atoms with Crippen molar-refractivity contribution in [3.05, 3.63) is 68.6 Å². The second-order valence-corrected chi connectivity index (χ2v) is 11.9. The van der Waals surface area contributed by atoms with Crippen molar-refractivity contribution in [3.63, 3.8) is 0 Å². The zero-order chi connectivity index (χ0) is 30.2. The number of hydrogen-bond acceptors (Lipinski definition) is 10. The molecule has 0 aromatic heterocycles. The molecule has 0 spiro atoms. The first-order chi connectivity index (χ1) is 20.1. The van der Waals surface area contributed by atoms with E-state index in [0.717, 1.165) is 41.0 Å². The Morgan fingerprint density at radius 2 is 1.24 bits per heavy atom. The lowest BCUT2D eigenvalue weighted by atomic mass is 9.96. The third-order valence-electron chi connectivity index (χ3n) is 6.87. The molecule has 10 nitrogen and oxygen atoms in total. The van der Waals surface area contributed by atoms with Crippen LogP contribution in [0.4, 0.5) is 0 Å². The molecule has 2 aliphatic rings. The summed E-state index contributed by atoms with van der Waals surface area (Å²) in [5.74, 6) is -2.76.